The number of piperazine rings is 1. The molecule has 0 aromatic heterocycles. The van der Waals surface area contributed by atoms with E-state index in [1.54, 1.807) is 4.90 Å². The third kappa shape index (κ3) is 5.06. The minimum Gasteiger partial charge on any atom is -0.369 e. The molecule has 5 nitrogen and oxygen atoms in total. The summed E-state index contributed by atoms with van der Waals surface area (Å²) in [5, 5.41) is 0. The fourth-order valence-corrected chi connectivity index (χ4v) is 2.80. The van der Waals surface area contributed by atoms with Crippen LogP contribution >= 0.6 is 0 Å². The molecule has 1 aromatic rings. The van der Waals surface area contributed by atoms with Gasteiger partial charge in [-0.1, -0.05) is 29.3 Å². The fraction of sp³-hybridized carbons (Fsp3) is 0.556. The van der Waals surface area contributed by atoms with E-state index < -0.39 is 0 Å². The molecule has 1 aliphatic heterocycles. The lowest BCUT2D eigenvalue weighted by molar-refractivity contribution is -0.148. The predicted octanol–water partition coefficient (Wildman–Crippen LogP) is 1.90. The van der Waals surface area contributed by atoms with E-state index in [1.807, 2.05) is 18.7 Å². The Bertz CT molecular complexity index is 563. The fourth-order valence-electron chi connectivity index (χ4n) is 2.80. The third-order valence-corrected chi connectivity index (χ3v) is 3.87. The molecule has 1 heterocycles. The molecule has 1 saturated heterocycles. The Hall–Kier alpha value is -1.88. The van der Waals surface area contributed by atoms with Crippen LogP contribution in [0.4, 0.5) is 0 Å². The summed E-state index contributed by atoms with van der Waals surface area (Å²) in [6.07, 6.45) is 0.0144. The predicted molar refractivity (Wildman–Crippen MR) is 89.0 cm³/mol. The second-order valence-electron chi connectivity index (χ2n) is 6.49. The zero-order chi connectivity index (χ0) is 17.0. The quantitative estimate of drug-likeness (QED) is 0.833. The van der Waals surface area contributed by atoms with Crippen LogP contribution in [0, 0.1) is 13.8 Å². The van der Waals surface area contributed by atoms with Gasteiger partial charge in [-0.05, 0) is 33.3 Å². The summed E-state index contributed by atoms with van der Waals surface area (Å²) in [4.78, 5) is 27.8. The minimum atomic E-state index is -0.113. The van der Waals surface area contributed by atoms with Gasteiger partial charge in [0.25, 0.3) is 0 Å². The van der Waals surface area contributed by atoms with Crippen molar-refractivity contribution >= 4 is 11.8 Å². The lowest BCUT2D eigenvalue weighted by atomic mass is 10.1. The molecule has 0 aliphatic carbocycles. The van der Waals surface area contributed by atoms with Gasteiger partial charge in [0.15, 0.2) is 0 Å². The van der Waals surface area contributed by atoms with Crippen molar-refractivity contribution in [1.82, 2.24) is 9.80 Å². The number of rotatable bonds is 5. The molecule has 0 atom stereocenters. The average Bonchev–Trinajstić information content (AvgIpc) is 2.45. The van der Waals surface area contributed by atoms with Crippen LogP contribution in [0.2, 0.25) is 0 Å². The zero-order valence-corrected chi connectivity index (χ0v) is 14.5. The van der Waals surface area contributed by atoms with E-state index in [-0.39, 0.29) is 31.1 Å². The Labute approximate surface area is 138 Å². The minimum absolute atomic E-state index is 0.00620. The lowest BCUT2D eigenvalue weighted by Gasteiger charge is -2.34. The Balaban J connectivity index is 1.91. The number of amides is 2. The molecule has 5 heteroatoms. The van der Waals surface area contributed by atoms with Crippen molar-refractivity contribution in [3.05, 3.63) is 34.9 Å². The first kappa shape index (κ1) is 17.5. The van der Waals surface area contributed by atoms with Crippen molar-refractivity contribution in [2.45, 2.75) is 40.3 Å². The van der Waals surface area contributed by atoms with Gasteiger partial charge in [-0.15, -0.1) is 0 Å². The van der Waals surface area contributed by atoms with E-state index in [2.05, 4.69) is 32.0 Å². The molecule has 0 unspecified atom stereocenters. The van der Waals surface area contributed by atoms with Crippen LogP contribution in [0.5, 0.6) is 0 Å². The maximum atomic E-state index is 12.3. The number of aryl methyl sites for hydroxylation is 2. The lowest BCUT2D eigenvalue weighted by Crippen LogP contribution is -2.52. The zero-order valence-electron chi connectivity index (χ0n) is 14.5. The molecule has 1 aromatic carbocycles. The van der Waals surface area contributed by atoms with Crippen molar-refractivity contribution in [2.75, 3.05) is 26.2 Å². The van der Waals surface area contributed by atoms with Gasteiger partial charge in [-0.3, -0.25) is 9.59 Å². The molecule has 0 N–H and O–H groups in total. The van der Waals surface area contributed by atoms with Crippen molar-refractivity contribution in [3.8, 4) is 0 Å². The van der Waals surface area contributed by atoms with E-state index in [4.69, 9.17) is 4.74 Å². The Morgan fingerprint density at radius 1 is 1.17 bits per heavy atom. The van der Waals surface area contributed by atoms with Gasteiger partial charge in [0.1, 0.15) is 6.61 Å². The van der Waals surface area contributed by atoms with E-state index >= 15 is 0 Å². The monoisotopic (exact) mass is 318 g/mol. The second kappa shape index (κ2) is 7.59. The first-order valence-electron chi connectivity index (χ1n) is 8.09. The number of hydrogen-bond acceptors (Lipinski definition) is 3. The molecule has 0 spiro atoms. The highest BCUT2D eigenvalue weighted by molar-refractivity contribution is 5.86. The first-order valence-corrected chi connectivity index (χ1v) is 8.09. The second-order valence-corrected chi connectivity index (χ2v) is 6.49. The summed E-state index contributed by atoms with van der Waals surface area (Å²) in [7, 11) is 0. The van der Waals surface area contributed by atoms with Crippen molar-refractivity contribution in [3.63, 3.8) is 0 Å². The molecule has 1 fully saturated rings. The maximum absolute atomic E-state index is 12.3. The highest BCUT2D eigenvalue weighted by Gasteiger charge is 2.27. The highest BCUT2D eigenvalue weighted by atomic mass is 16.5. The van der Waals surface area contributed by atoms with Crippen LogP contribution in [-0.2, 0) is 20.9 Å². The van der Waals surface area contributed by atoms with Crippen LogP contribution in [0.25, 0.3) is 0 Å². The number of hydrogen-bond donors (Lipinski definition) is 0. The smallest absolute Gasteiger partial charge is 0.249 e. The summed E-state index contributed by atoms with van der Waals surface area (Å²) in [5.41, 5.74) is 3.54. The third-order valence-electron chi connectivity index (χ3n) is 3.87. The molecule has 2 amide bonds. The van der Waals surface area contributed by atoms with Gasteiger partial charge >= 0.3 is 0 Å². The molecule has 126 valence electrons. The number of nitrogens with zero attached hydrogens (tertiary/aromatic N) is 2. The van der Waals surface area contributed by atoms with E-state index in [0.717, 1.165) is 5.56 Å². The summed E-state index contributed by atoms with van der Waals surface area (Å²) in [6.45, 7) is 9.82. The van der Waals surface area contributed by atoms with Crippen LogP contribution in [0.1, 0.15) is 30.5 Å². The van der Waals surface area contributed by atoms with Gasteiger partial charge in [0.2, 0.25) is 11.8 Å². The van der Waals surface area contributed by atoms with Gasteiger partial charge in [-0.25, -0.2) is 0 Å². The van der Waals surface area contributed by atoms with Gasteiger partial charge < -0.3 is 14.5 Å². The van der Waals surface area contributed by atoms with Crippen molar-refractivity contribution in [2.24, 2.45) is 0 Å². The number of ether oxygens (including phenoxy) is 1. The van der Waals surface area contributed by atoms with Gasteiger partial charge in [0, 0.05) is 19.6 Å². The average molecular weight is 318 g/mol. The summed E-state index contributed by atoms with van der Waals surface area (Å²) >= 11 is 0. The van der Waals surface area contributed by atoms with Crippen LogP contribution in [0.3, 0.4) is 0 Å². The number of carbonyl (C=O) groups excluding carboxylic acids is 2. The molecule has 0 radical (unpaired) electrons. The van der Waals surface area contributed by atoms with Crippen LogP contribution in [-0.4, -0.2) is 54.0 Å². The molecule has 1 aliphatic rings. The topological polar surface area (TPSA) is 49.9 Å². The standard InChI is InChI=1S/C18H26N2O3/c1-13(2)23-12-18(22)20-6-5-19(17(21)11-20)10-16-8-14(3)7-15(4)9-16/h7-9,13H,5-6,10-12H2,1-4H3. The first-order chi connectivity index (χ1) is 10.8. The van der Waals surface area contributed by atoms with Crippen molar-refractivity contribution in [1.29, 1.82) is 0 Å². The molecular formula is C18H26N2O3. The van der Waals surface area contributed by atoms with Gasteiger partial charge in [-0.2, -0.15) is 0 Å². The summed E-state index contributed by atoms with van der Waals surface area (Å²) in [5.74, 6) is -0.119. The summed E-state index contributed by atoms with van der Waals surface area (Å²) < 4.78 is 5.32. The Morgan fingerprint density at radius 2 is 1.83 bits per heavy atom. The van der Waals surface area contributed by atoms with Gasteiger partial charge in [0.05, 0.1) is 12.6 Å². The maximum Gasteiger partial charge on any atom is 0.249 e. The number of benzene rings is 1. The van der Waals surface area contributed by atoms with E-state index in [9.17, 15) is 9.59 Å². The van der Waals surface area contributed by atoms with E-state index in [1.165, 1.54) is 11.1 Å². The van der Waals surface area contributed by atoms with Crippen molar-refractivity contribution < 1.29 is 14.3 Å². The molecule has 23 heavy (non-hydrogen) atoms. The van der Waals surface area contributed by atoms with Crippen LogP contribution in [0.15, 0.2) is 18.2 Å². The molecule has 0 bridgehead atoms. The highest BCUT2D eigenvalue weighted by Crippen LogP contribution is 2.14. The van der Waals surface area contributed by atoms with Crippen LogP contribution < -0.4 is 0 Å². The Kier molecular flexibility index (Phi) is 5.77. The number of carbonyl (C=O) groups is 2. The molecule has 0 saturated carbocycles. The Morgan fingerprint density at radius 3 is 2.39 bits per heavy atom. The largest absolute Gasteiger partial charge is 0.369 e. The molecule has 2 rings (SSSR count). The molecular weight excluding hydrogens is 292 g/mol. The SMILES string of the molecule is Cc1cc(C)cc(CN2CCN(C(=O)COC(C)C)CC2=O)c1. The van der Waals surface area contributed by atoms with E-state index in [0.29, 0.717) is 19.6 Å². The summed E-state index contributed by atoms with van der Waals surface area (Å²) in [6, 6.07) is 6.33. The normalized spacial score (nSPS) is 15.4.